The van der Waals surface area contributed by atoms with Crippen LogP contribution in [0.2, 0.25) is 0 Å². The molecule has 0 aromatic heterocycles. The summed E-state index contributed by atoms with van der Waals surface area (Å²) in [5, 5.41) is 12.0. The van der Waals surface area contributed by atoms with Crippen molar-refractivity contribution in [3.8, 4) is 6.07 Å². The van der Waals surface area contributed by atoms with Crippen molar-refractivity contribution in [2.45, 2.75) is 12.8 Å². The zero-order chi connectivity index (χ0) is 15.1. The average Bonchev–Trinajstić information content (AvgIpc) is 2.54. The highest BCUT2D eigenvalue weighted by Crippen LogP contribution is 2.25. The van der Waals surface area contributed by atoms with Crippen LogP contribution in [0.1, 0.15) is 12.0 Å². The van der Waals surface area contributed by atoms with Crippen LogP contribution in [0.15, 0.2) is 24.3 Å². The van der Waals surface area contributed by atoms with E-state index in [1.54, 1.807) is 12.0 Å². The normalized spacial score (nSPS) is 16.5. The fourth-order valence-corrected chi connectivity index (χ4v) is 2.59. The number of anilines is 1. The Morgan fingerprint density at radius 2 is 2.29 bits per heavy atom. The van der Waals surface area contributed by atoms with Gasteiger partial charge in [-0.3, -0.25) is 4.79 Å². The molecule has 1 unspecified atom stereocenters. The first-order valence-corrected chi connectivity index (χ1v) is 7.22. The number of amides is 1. The van der Waals surface area contributed by atoms with Gasteiger partial charge in [-0.2, -0.15) is 5.26 Å². The van der Waals surface area contributed by atoms with Gasteiger partial charge in [-0.25, -0.2) is 0 Å². The van der Waals surface area contributed by atoms with E-state index < -0.39 is 0 Å². The maximum absolute atomic E-state index is 12.6. The van der Waals surface area contributed by atoms with E-state index in [4.69, 9.17) is 10.00 Å². The Kier molecular flexibility index (Phi) is 5.59. The van der Waals surface area contributed by atoms with Crippen LogP contribution in [-0.4, -0.2) is 44.2 Å². The first-order valence-electron chi connectivity index (χ1n) is 7.22. The number of hydrogen-bond donors (Lipinski definition) is 1. The van der Waals surface area contributed by atoms with Gasteiger partial charge in [-0.1, -0.05) is 18.2 Å². The fourth-order valence-electron chi connectivity index (χ4n) is 2.59. The highest BCUT2D eigenvalue weighted by atomic mass is 16.5. The summed E-state index contributed by atoms with van der Waals surface area (Å²) in [7, 11) is 1.62. The van der Waals surface area contributed by atoms with Crippen molar-refractivity contribution in [2.75, 3.05) is 38.7 Å². The Hall–Kier alpha value is -2.06. The van der Waals surface area contributed by atoms with Crippen LogP contribution in [-0.2, 0) is 16.0 Å². The number of nitriles is 1. The van der Waals surface area contributed by atoms with Gasteiger partial charge in [0.25, 0.3) is 0 Å². The maximum atomic E-state index is 12.6. The Labute approximate surface area is 125 Å². The van der Waals surface area contributed by atoms with E-state index in [0.717, 1.165) is 12.1 Å². The molecule has 0 saturated heterocycles. The van der Waals surface area contributed by atoms with Gasteiger partial charge in [0, 0.05) is 32.4 Å². The minimum atomic E-state index is -0.0737. The van der Waals surface area contributed by atoms with E-state index in [0.29, 0.717) is 32.7 Å². The summed E-state index contributed by atoms with van der Waals surface area (Å²) < 4.78 is 5.05. The molecule has 112 valence electrons. The highest BCUT2D eigenvalue weighted by Gasteiger charge is 2.27. The summed E-state index contributed by atoms with van der Waals surface area (Å²) in [6, 6.07) is 10.2. The number of carbonyl (C=O) groups is 1. The number of carbonyl (C=O) groups excluding carboxylic acids is 1. The van der Waals surface area contributed by atoms with Crippen molar-refractivity contribution < 1.29 is 9.53 Å². The van der Waals surface area contributed by atoms with Crippen LogP contribution in [0.25, 0.3) is 0 Å². The summed E-state index contributed by atoms with van der Waals surface area (Å²) in [4.78, 5) is 14.4. The molecule has 0 saturated carbocycles. The van der Waals surface area contributed by atoms with Crippen LogP contribution in [0.3, 0.4) is 0 Å². The first kappa shape index (κ1) is 15.3. The zero-order valence-corrected chi connectivity index (χ0v) is 12.3. The van der Waals surface area contributed by atoms with E-state index in [1.165, 1.54) is 5.56 Å². The number of methoxy groups -OCH3 is 1. The summed E-state index contributed by atoms with van der Waals surface area (Å²) >= 11 is 0. The quantitative estimate of drug-likeness (QED) is 0.864. The lowest BCUT2D eigenvalue weighted by atomic mass is 9.93. The van der Waals surface area contributed by atoms with Crippen molar-refractivity contribution in [3.63, 3.8) is 0 Å². The standard InChI is InChI=1S/C16H21N3O2/c1-21-10-9-19(8-4-7-17)16(20)14-11-13-5-2-3-6-15(13)18-12-14/h2-3,5-6,14,18H,4,8-12H2,1H3. The minimum Gasteiger partial charge on any atom is -0.384 e. The molecule has 0 spiro atoms. The average molecular weight is 287 g/mol. The molecule has 0 bridgehead atoms. The molecule has 1 amide bonds. The molecule has 5 heteroatoms. The van der Waals surface area contributed by atoms with Gasteiger partial charge in [0.05, 0.1) is 25.0 Å². The Morgan fingerprint density at radius 1 is 1.48 bits per heavy atom. The van der Waals surface area contributed by atoms with Crippen LogP contribution in [0.5, 0.6) is 0 Å². The highest BCUT2D eigenvalue weighted by molar-refractivity contribution is 5.81. The van der Waals surface area contributed by atoms with Crippen molar-refractivity contribution in [3.05, 3.63) is 29.8 Å². The lowest BCUT2D eigenvalue weighted by Crippen LogP contribution is -2.43. The van der Waals surface area contributed by atoms with Gasteiger partial charge in [0.1, 0.15) is 0 Å². The van der Waals surface area contributed by atoms with Crippen LogP contribution >= 0.6 is 0 Å². The molecular weight excluding hydrogens is 266 g/mol. The van der Waals surface area contributed by atoms with Gasteiger partial charge < -0.3 is 15.0 Å². The van der Waals surface area contributed by atoms with Crippen molar-refractivity contribution in [1.82, 2.24) is 4.90 Å². The topological polar surface area (TPSA) is 65.4 Å². The molecule has 1 atom stereocenters. The van der Waals surface area contributed by atoms with E-state index in [-0.39, 0.29) is 11.8 Å². The van der Waals surface area contributed by atoms with Gasteiger partial charge in [-0.15, -0.1) is 0 Å². The van der Waals surface area contributed by atoms with Gasteiger partial charge in [0.15, 0.2) is 0 Å². The van der Waals surface area contributed by atoms with Gasteiger partial charge in [-0.05, 0) is 18.1 Å². The van der Waals surface area contributed by atoms with Crippen LogP contribution in [0.4, 0.5) is 5.69 Å². The van der Waals surface area contributed by atoms with E-state index in [2.05, 4.69) is 17.5 Å². The number of hydrogen-bond acceptors (Lipinski definition) is 4. The molecule has 5 nitrogen and oxygen atoms in total. The van der Waals surface area contributed by atoms with E-state index >= 15 is 0 Å². The van der Waals surface area contributed by atoms with Crippen LogP contribution in [0, 0.1) is 17.2 Å². The number of ether oxygens (including phenoxy) is 1. The van der Waals surface area contributed by atoms with Crippen molar-refractivity contribution in [2.24, 2.45) is 5.92 Å². The number of para-hydroxylation sites is 1. The monoisotopic (exact) mass is 287 g/mol. The second-order valence-electron chi connectivity index (χ2n) is 5.17. The zero-order valence-electron chi connectivity index (χ0n) is 12.3. The second kappa shape index (κ2) is 7.65. The summed E-state index contributed by atoms with van der Waals surface area (Å²) in [5.74, 6) is 0.0275. The molecule has 2 rings (SSSR count). The number of rotatable bonds is 6. The van der Waals surface area contributed by atoms with Crippen LogP contribution < -0.4 is 5.32 Å². The SMILES string of the molecule is COCCN(CCC#N)C(=O)C1CNc2ccccc2C1. The number of nitrogens with one attached hydrogen (secondary N) is 1. The summed E-state index contributed by atoms with van der Waals surface area (Å²) in [6.07, 6.45) is 1.10. The predicted molar refractivity (Wildman–Crippen MR) is 80.8 cm³/mol. The molecule has 1 aromatic rings. The van der Waals surface area contributed by atoms with E-state index in [9.17, 15) is 4.79 Å². The van der Waals surface area contributed by atoms with Gasteiger partial charge in [0.2, 0.25) is 5.91 Å². The Bertz CT molecular complexity index is 524. The summed E-state index contributed by atoms with van der Waals surface area (Å²) in [6.45, 7) is 2.14. The molecule has 1 aliphatic heterocycles. The summed E-state index contributed by atoms with van der Waals surface area (Å²) in [5.41, 5.74) is 2.29. The van der Waals surface area contributed by atoms with Crippen molar-refractivity contribution >= 4 is 11.6 Å². The first-order chi connectivity index (χ1) is 10.3. The Morgan fingerprint density at radius 3 is 3.05 bits per heavy atom. The molecule has 21 heavy (non-hydrogen) atoms. The minimum absolute atomic E-state index is 0.0737. The maximum Gasteiger partial charge on any atom is 0.227 e. The largest absolute Gasteiger partial charge is 0.384 e. The second-order valence-corrected chi connectivity index (χ2v) is 5.17. The number of benzene rings is 1. The molecule has 0 aliphatic carbocycles. The smallest absolute Gasteiger partial charge is 0.227 e. The van der Waals surface area contributed by atoms with Gasteiger partial charge >= 0.3 is 0 Å². The molecule has 1 aliphatic rings. The molecular formula is C16H21N3O2. The third-order valence-electron chi connectivity index (χ3n) is 3.74. The third-order valence-corrected chi connectivity index (χ3v) is 3.74. The predicted octanol–water partition coefficient (Wildman–Crippen LogP) is 1.66. The molecule has 0 fully saturated rings. The molecule has 0 radical (unpaired) electrons. The third kappa shape index (κ3) is 3.96. The van der Waals surface area contributed by atoms with E-state index in [1.807, 2.05) is 18.2 Å². The molecule has 1 aromatic carbocycles. The lowest BCUT2D eigenvalue weighted by Gasteiger charge is -2.30. The number of fused-ring (bicyclic) bond motifs is 1. The lowest BCUT2D eigenvalue weighted by molar-refractivity contribution is -0.135. The van der Waals surface area contributed by atoms with Crippen molar-refractivity contribution in [1.29, 1.82) is 5.26 Å². The number of nitrogens with zero attached hydrogens (tertiary/aromatic N) is 2. The Balaban J connectivity index is 2.02. The molecule has 1 heterocycles. The molecule has 1 N–H and O–H groups in total. The fraction of sp³-hybridized carbons (Fsp3) is 0.500.